The van der Waals surface area contributed by atoms with Crippen molar-refractivity contribution in [2.45, 2.75) is 26.2 Å². The molecule has 1 fully saturated rings. The summed E-state index contributed by atoms with van der Waals surface area (Å²) in [7, 11) is 3.74. The number of carbonyl (C=O) groups excluding carboxylic acids is 1. The maximum absolute atomic E-state index is 12.2. The van der Waals surface area contributed by atoms with Crippen molar-refractivity contribution in [1.82, 2.24) is 10.2 Å². The number of hydrogen-bond donors (Lipinski definition) is 2. The zero-order valence-electron chi connectivity index (χ0n) is 16.3. The number of guanidine groups is 1. The van der Waals surface area contributed by atoms with Crippen molar-refractivity contribution in [2.24, 2.45) is 10.9 Å². The van der Waals surface area contributed by atoms with Gasteiger partial charge in [-0.3, -0.25) is 9.79 Å². The average molecular weight is 553 g/mol. The van der Waals surface area contributed by atoms with Gasteiger partial charge in [0.05, 0.1) is 6.54 Å². The molecule has 0 spiro atoms. The quantitative estimate of drug-likeness (QED) is 0.321. The molecule has 152 valence electrons. The maximum Gasteiger partial charge on any atom is 0.243 e. The van der Waals surface area contributed by atoms with Crippen molar-refractivity contribution in [3.8, 4) is 0 Å². The van der Waals surface area contributed by atoms with Gasteiger partial charge in [0.1, 0.15) is 0 Å². The van der Waals surface area contributed by atoms with Crippen molar-refractivity contribution in [3.63, 3.8) is 0 Å². The Kier molecular flexibility index (Phi) is 11.2. The Morgan fingerprint density at radius 2 is 2.07 bits per heavy atom. The van der Waals surface area contributed by atoms with Gasteiger partial charge in [-0.05, 0) is 49.8 Å². The number of benzene rings is 1. The van der Waals surface area contributed by atoms with Crippen LogP contribution in [0.4, 0.5) is 5.69 Å². The van der Waals surface area contributed by atoms with Gasteiger partial charge in [-0.25, -0.2) is 0 Å². The van der Waals surface area contributed by atoms with Gasteiger partial charge in [-0.15, -0.1) is 24.0 Å². The third-order valence-corrected chi connectivity index (χ3v) is 5.16. The molecule has 6 nitrogen and oxygen atoms in total. The average Bonchev–Trinajstić information content (AvgIpc) is 2.64. The summed E-state index contributed by atoms with van der Waals surface area (Å²) in [6.07, 6.45) is 3.38. The summed E-state index contributed by atoms with van der Waals surface area (Å²) in [5, 5.41) is 6.07. The van der Waals surface area contributed by atoms with Crippen LogP contribution in [0.1, 0.15) is 24.8 Å². The van der Waals surface area contributed by atoms with Crippen molar-refractivity contribution >= 4 is 57.5 Å². The first-order valence-electron chi connectivity index (χ1n) is 9.05. The van der Waals surface area contributed by atoms with E-state index in [1.54, 1.807) is 7.05 Å². The van der Waals surface area contributed by atoms with Crippen molar-refractivity contribution in [2.75, 3.05) is 45.7 Å². The number of hydrogen-bond acceptors (Lipinski definition) is 3. The topological polar surface area (TPSA) is 66.0 Å². The van der Waals surface area contributed by atoms with Gasteiger partial charge in [-0.2, -0.15) is 0 Å². The summed E-state index contributed by atoms with van der Waals surface area (Å²) in [6.45, 7) is 4.81. The molecule has 0 radical (unpaired) electrons. The second kappa shape index (κ2) is 12.6. The van der Waals surface area contributed by atoms with Gasteiger partial charge in [0.15, 0.2) is 5.96 Å². The van der Waals surface area contributed by atoms with Crippen LogP contribution in [-0.2, 0) is 9.53 Å². The van der Waals surface area contributed by atoms with E-state index < -0.39 is 0 Å². The van der Waals surface area contributed by atoms with E-state index in [-0.39, 0.29) is 36.4 Å². The maximum atomic E-state index is 12.2. The Morgan fingerprint density at radius 1 is 1.37 bits per heavy atom. The Balaban J connectivity index is 0.00000364. The van der Waals surface area contributed by atoms with E-state index in [1.807, 2.05) is 32.2 Å². The molecule has 27 heavy (non-hydrogen) atoms. The van der Waals surface area contributed by atoms with Crippen molar-refractivity contribution < 1.29 is 9.53 Å². The molecule has 1 aliphatic rings. The highest BCUT2D eigenvalue weighted by molar-refractivity contribution is 14.0. The van der Waals surface area contributed by atoms with E-state index >= 15 is 0 Å². The number of halogens is 2. The molecule has 1 aliphatic heterocycles. The Bertz CT molecular complexity index is 636. The van der Waals surface area contributed by atoms with Crippen LogP contribution < -0.4 is 10.6 Å². The lowest BCUT2D eigenvalue weighted by Gasteiger charge is -2.26. The third-order valence-electron chi connectivity index (χ3n) is 4.67. The fourth-order valence-corrected chi connectivity index (χ4v) is 3.35. The molecule has 2 rings (SSSR count). The molecule has 0 aromatic heterocycles. The summed E-state index contributed by atoms with van der Waals surface area (Å²) < 4.78 is 6.35. The summed E-state index contributed by atoms with van der Waals surface area (Å²) in [6, 6.07) is 5.83. The number of aliphatic imine (C=N–C) groups is 1. The SMILES string of the molecule is CN=C(NCC(=O)Nc1cc(Br)ccc1C)N(C)CCC1CCOCC1.I. The number of rotatable bonds is 6. The largest absolute Gasteiger partial charge is 0.381 e. The van der Waals surface area contributed by atoms with E-state index in [9.17, 15) is 4.79 Å². The molecule has 2 N–H and O–H groups in total. The van der Waals surface area contributed by atoms with Crippen LogP contribution in [0.15, 0.2) is 27.7 Å². The first-order chi connectivity index (χ1) is 12.5. The number of nitrogens with one attached hydrogen (secondary N) is 2. The lowest BCUT2D eigenvalue weighted by atomic mass is 9.96. The van der Waals surface area contributed by atoms with Crippen LogP contribution >= 0.6 is 39.9 Å². The Labute approximate surface area is 187 Å². The molecule has 8 heteroatoms. The first kappa shape index (κ1) is 24.2. The first-order valence-corrected chi connectivity index (χ1v) is 9.84. The van der Waals surface area contributed by atoms with Gasteiger partial charge in [0.2, 0.25) is 5.91 Å². The minimum Gasteiger partial charge on any atom is -0.381 e. The molecular weight excluding hydrogens is 523 g/mol. The fraction of sp³-hybridized carbons (Fsp3) is 0.579. The highest BCUT2D eigenvalue weighted by atomic mass is 127. The van der Waals surface area contributed by atoms with Crippen molar-refractivity contribution in [3.05, 3.63) is 28.2 Å². The third kappa shape index (κ3) is 8.35. The van der Waals surface area contributed by atoms with Gasteiger partial charge in [-0.1, -0.05) is 22.0 Å². The fourth-order valence-electron chi connectivity index (χ4n) is 2.98. The minimum atomic E-state index is -0.0924. The van der Waals surface area contributed by atoms with Crippen LogP contribution in [0, 0.1) is 12.8 Å². The van der Waals surface area contributed by atoms with Gasteiger partial charge < -0.3 is 20.3 Å². The van der Waals surface area contributed by atoms with Crippen molar-refractivity contribution in [1.29, 1.82) is 0 Å². The van der Waals surface area contributed by atoms with E-state index in [1.165, 1.54) is 0 Å². The number of ether oxygens (including phenoxy) is 1. The lowest BCUT2D eigenvalue weighted by molar-refractivity contribution is -0.115. The normalized spacial score (nSPS) is 15.0. The van der Waals surface area contributed by atoms with Crippen LogP contribution in [0.2, 0.25) is 0 Å². The number of amides is 1. The van der Waals surface area contributed by atoms with Crippen LogP contribution in [0.25, 0.3) is 0 Å². The zero-order chi connectivity index (χ0) is 18.9. The Morgan fingerprint density at radius 3 is 2.74 bits per heavy atom. The molecule has 1 aromatic rings. The monoisotopic (exact) mass is 552 g/mol. The standard InChI is InChI=1S/C19H29BrN4O2.HI/c1-14-4-5-16(20)12-17(14)23-18(25)13-22-19(21-2)24(3)9-6-15-7-10-26-11-8-15;/h4-5,12,15H,6-11,13H2,1-3H3,(H,21,22)(H,23,25);1H. The number of carbonyl (C=O) groups is 1. The molecular formula is C19H30BrIN4O2. The minimum absolute atomic E-state index is 0. The van der Waals surface area contributed by atoms with E-state index in [2.05, 4.69) is 36.5 Å². The number of aryl methyl sites for hydroxylation is 1. The molecule has 0 bridgehead atoms. The summed E-state index contributed by atoms with van der Waals surface area (Å²) >= 11 is 3.43. The molecule has 1 aromatic carbocycles. The highest BCUT2D eigenvalue weighted by Crippen LogP contribution is 2.20. The lowest BCUT2D eigenvalue weighted by Crippen LogP contribution is -2.43. The summed E-state index contributed by atoms with van der Waals surface area (Å²) in [4.78, 5) is 18.6. The molecule has 1 saturated heterocycles. The molecule has 0 atom stereocenters. The molecule has 0 aliphatic carbocycles. The van der Waals surface area contributed by atoms with Crippen LogP contribution in [0.5, 0.6) is 0 Å². The second-order valence-corrected chi connectivity index (χ2v) is 7.59. The predicted octanol–water partition coefficient (Wildman–Crippen LogP) is 3.64. The second-order valence-electron chi connectivity index (χ2n) is 6.67. The molecule has 1 heterocycles. The highest BCUT2D eigenvalue weighted by Gasteiger charge is 2.16. The zero-order valence-corrected chi connectivity index (χ0v) is 20.2. The molecule has 1 amide bonds. The molecule has 0 saturated carbocycles. The smallest absolute Gasteiger partial charge is 0.243 e. The van der Waals surface area contributed by atoms with Crippen LogP contribution in [0.3, 0.4) is 0 Å². The predicted molar refractivity (Wildman–Crippen MR) is 125 cm³/mol. The number of anilines is 1. The van der Waals surface area contributed by atoms with E-state index in [0.29, 0.717) is 5.92 Å². The van der Waals surface area contributed by atoms with Gasteiger partial charge in [0, 0.05) is 44.0 Å². The van der Waals surface area contributed by atoms with E-state index in [4.69, 9.17) is 4.74 Å². The van der Waals surface area contributed by atoms with Gasteiger partial charge in [0.25, 0.3) is 0 Å². The van der Waals surface area contributed by atoms with Crippen LogP contribution in [-0.4, -0.2) is 57.2 Å². The summed E-state index contributed by atoms with van der Waals surface area (Å²) in [5.41, 5.74) is 1.84. The Hall–Kier alpha value is -0.870. The van der Waals surface area contributed by atoms with Gasteiger partial charge >= 0.3 is 0 Å². The summed E-state index contributed by atoms with van der Waals surface area (Å²) in [5.74, 6) is 1.36. The number of nitrogens with zero attached hydrogens (tertiary/aromatic N) is 2. The molecule has 0 unspecified atom stereocenters. The van der Waals surface area contributed by atoms with E-state index in [0.717, 1.165) is 60.7 Å².